The summed E-state index contributed by atoms with van der Waals surface area (Å²) in [7, 11) is 0. The van der Waals surface area contributed by atoms with Crippen molar-refractivity contribution in [3.63, 3.8) is 0 Å². The van der Waals surface area contributed by atoms with Crippen LogP contribution in [0, 0.1) is 6.92 Å². The van der Waals surface area contributed by atoms with E-state index in [1.165, 1.54) is 5.56 Å². The van der Waals surface area contributed by atoms with E-state index in [4.69, 9.17) is 0 Å². The van der Waals surface area contributed by atoms with E-state index in [1.807, 2.05) is 13.0 Å². The van der Waals surface area contributed by atoms with Crippen LogP contribution < -0.4 is 5.32 Å². The Balaban J connectivity index is 1.65. The summed E-state index contributed by atoms with van der Waals surface area (Å²) in [5, 5.41) is 13.9. The lowest BCUT2D eigenvalue weighted by Crippen LogP contribution is -2.05. The van der Waals surface area contributed by atoms with Gasteiger partial charge in [-0.05, 0) is 31.4 Å². The van der Waals surface area contributed by atoms with Crippen LogP contribution in [0.3, 0.4) is 0 Å². The number of nitrogens with one attached hydrogen (secondary N) is 1. The summed E-state index contributed by atoms with van der Waals surface area (Å²) in [6.07, 6.45) is 2.04. The van der Waals surface area contributed by atoms with Gasteiger partial charge < -0.3 is 10.4 Å². The van der Waals surface area contributed by atoms with Crippen molar-refractivity contribution in [2.24, 2.45) is 0 Å². The van der Waals surface area contributed by atoms with Crippen molar-refractivity contribution in [1.29, 1.82) is 0 Å². The van der Waals surface area contributed by atoms with Gasteiger partial charge in [-0.1, -0.05) is 30.3 Å². The molecule has 21 heavy (non-hydrogen) atoms. The van der Waals surface area contributed by atoms with Gasteiger partial charge in [0.2, 0.25) is 0 Å². The third-order valence-corrected chi connectivity index (χ3v) is 4.23. The smallest absolute Gasteiger partial charge is 0.317 e. The monoisotopic (exact) mass is 299 g/mol. The lowest BCUT2D eigenvalue weighted by atomic mass is 10.1. The molecule has 0 saturated carbocycles. The van der Waals surface area contributed by atoms with E-state index in [2.05, 4.69) is 45.6 Å². The highest BCUT2D eigenvalue weighted by atomic mass is 32.1. The zero-order valence-corrected chi connectivity index (χ0v) is 12.7. The van der Waals surface area contributed by atoms with Gasteiger partial charge in [0, 0.05) is 11.4 Å². The average Bonchev–Trinajstić information content (AvgIpc) is 2.84. The Labute approximate surface area is 127 Å². The second-order valence-electron chi connectivity index (χ2n) is 4.96. The number of nitrogens with zero attached hydrogens (tertiary/aromatic N) is 2. The van der Waals surface area contributed by atoms with E-state index >= 15 is 0 Å². The fraction of sp³-hybridized carbons (Fsp3) is 0.250. The van der Waals surface area contributed by atoms with Crippen LogP contribution in [0.25, 0.3) is 10.2 Å². The van der Waals surface area contributed by atoms with Gasteiger partial charge in [0.05, 0.1) is 5.39 Å². The normalized spacial score (nSPS) is 10.9. The second kappa shape index (κ2) is 6.10. The van der Waals surface area contributed by atoms with Gasteiger partial charge in [-0.3, -0.25) is 0 Å². The molecule has 1 aromatic carbocycles. The number of thiophene rings is 1. The lowest BCUT2D eigenvalue weighted by Gasteiger charge is -2.07. The molecule has 2 N–H and O–H groups in total. The number of anilines is 1. The Kier molecular flexibility index (Phi) is 4.01. The topological polar surface area (TPSA) is 58.0 Å². The van der Waals surface area contributed by atoms with Gasteiger partial charge >= 0.3 is 6.01 Å². The zero-order valence-electron chi connectivity index (χ0n) is 11.8. The minimum atomic E-state index is -0.171. The van der Waals surface area contributed by atoms with Crippen LogP contribution in [-0.4, -0.2) is 21.6 Å². The molecule has 0 aliphatic rings. The molecule has 3 aromatic rings. The third kappa shape index (κ3) is 3.31. The van der Waals surface area contributed by atoms with Gasteiger partial charge in [0.25, 0.3) is 0 Å². The number of aryl methyl sites for hydroxylation is 2. The van der Waals surface area contributed by atoms with Crippen LogP contribution >= 0.6 is 11.3 Å². The number of hydrogen-bond acceptors (Lipinski definition) is 5. The molecule has 0 aliphatic carbocycles. The fourth-order valence-corrected chi connectivity index (χ4v) is 3.18. The molecular formula is C16H17N3OS. The van der Waals surface area contributed by atoms with E-state index < -0.39 is 0 Å². The van der Waals surface area contributed by atoms with Crippen LogP contribution in [0.1, 0.15) is 16.9 Å². The Morgan fingerprint density at radius 1 is 1.19 bits per heavy atom. The number of aromatic hydroxyl groups is 1. The maximum atomic E-state index is 9.60. The van der Waals surface area contributed by atoms with Gasteiger partial charge in [-0.25, -0.2) is 0 Å². The molecule has 2 aromatic heterocycles. The summed E-state index contributed by atoms with van der Waals surface area (Å²) >= 11 is 1.57. The standard InChI is InChI=1S/C16H17N3OS/c1-11-10-13-14(18-16(20)19-15(13)21-11)17-9-5-8-12-6-3-2-4-7-12/h2-4,6-7,10H,5,8-9H2,1H3,(H2,17,18,19,20). The van der Waals surface area contributed by atoms with Gasteiger partial charge in [-0.2, -0.15) is 9.97 Å². The zero-order chi connectivity index (χ0) is 14.7. The second-order valence-corrected chi connectivity index (χ2v) is 6.20. The van der Waals surface area contributed by atoms with Crippen molar-refractivity contribution in [1.82, 2.24) is 9.97 Å². The highest BCUT2D eigenvalue weighted by Crippen LogP contribution is 2.29. The molecule has 2 heterocycles. The molecule has 0 unspecified atom stereocenters. The molecule has 0 spiro atoms. The summed E-state index contributed by atoms with van der Waals surface area (Å²) in [6.45, 7) is 2.85. The number of hydrogen-bond donors (Lipinski definition) is 2. The lowest BCUT2D eigenvalue weighted by molar-refractivity contribution is 0.434. The summed E-state index contributed by atoms with van der Waals surface area (Å²) in [6, 6.07) is 12.3. The molecule has 0 aliphatic heterocycles. The SMILES string of the molecule is Cc1cc2c(NCCCc3ccccc3)nc(O)nc2s1. The first-order valence-electron chi connectivity index (χ1n) is 6.97. The van der Waals surface area contributed by atoms with Crippen molar-refractivity contribution >= 4 is 27.4 Å². The highest BCUT2D eigenvalue weighted by Gasteiger charge is 2.09. The fourth-order valence-electron chi connectivity index (χ4n) is 2.31. The molecule has 5 heteroatoms. The quantitative estimate of drug-likeness (QED) is 0.704. The maximum absolute atomic E-state index is 9.60. The summed E-state index contributed by atoms with van der Waals surface area (Å²) in [5.41, 5.74) is 1.33. The van der Waals surface area contributed by atoms with Crippen LogP contribution in [0.15, 0.2) is 36.4 Å². The predicted octanol–water partition coefficient (Wildman–Crippen LogP) is 3.75. The number of rotatable bonds is 5. The molecule has 0 amide bonds. The van der Waals surface area contributed by atoms with Crippen LogP contribution in [0.4, 0.5) is 5.82 Å². The molecule has 108 valence electrons. The largest absolute Gasteiger partial charge is 0.479 e. The van der Waals surface area contributed by atoms with Crippen molar-refractivity contribution < 1.29 is 5.11 Å². The van der Waals surface area contributed by atoms with Gasteiger partial charge in [-0.15, -0.1) is 11.3 Å². The van der Waals surface area contributed by atoms with Crippen LogP contribution in [0.2, 0.25) is 0 Å². The molecule has 0 radical (unpaired) electrons. The summed E-state index contributed by atoms with van der Waals surface area (Å²) in [5.74, 6) is 0.718. The van der Waals surface area contributed by atoms with Gasteiger partial charge in [0.1, 0.15) is 10.6 Å². The Morgan fingerprint density at radius 2 is 2.00 bits per heavy atom. The predicted molar refractivity (Wildman–Crippen MR) is 87.1 cm³/mol. The minimum absolute atomic E-state index is 0.171. The molecular weight excluding hydrogens is 282 g/mol. The molecule has 4 nitrogen and oxygen atoms in total. The van der Waals surface area contributed by atoms with Crippen LogP contribution in [-0.2, 0) is 6.42 Å². The maximum Gasteiger partial charge on any atom is 0.317 e. The molecule has 0 atom stereocenters. The number of benzene rings is 1. The number of aromatic nitrogens is 2. The Hall–Kier alpha value is -2.14. The first kappa shape index (κ1) is 13.8. The van der Waals surface area contributed by atoms with Crippen molar-refractivity contribution in [2.45, 2.75) is 19.8 Å². The van der Waals surface area contributed by atoms with Crippen LogP contribution in [0.5, 0.6) is 6.01 Å². The van der Waals surface area contributed by atoms with E-state index in [0.29, 0.717) is 0 Å². The first-order valence-corrected chi connectivity index (χ1v) is 7.79. The van der Waals surface area contributed by atoms with E-state index in [0.717, 1.165) is 40.3 Å². The summed E-state index contributed by atoms with van der Waals surface area (Å²) < 4.78 is 0. The van der Waals surface area contributed by atoms with Crippen molar-refractivity contribution in [2.75, 3.05) is 11.9 Å². The Morgan fingerprint density at radius 3 is 2.81 bits per heavy atom. The molecule has 0 fully saturated rings. The third-order valence-electron chi connectivity index (χ3n) is 3.28. The van der Waals surface area contributed by atoms with Gasteiger partial charge in [0.15, 0.2) is 0 Å². The minimum Gasteiger partial charge on any atom is -0.479 e. The van der Waals surface area contributed by atoms with Crippen molar-refractivity contribution in [3.05, 3.63) is 46.8 Å². The number of fused-ring (bicyclic) bond motifs is 1. The van der Waals surface area contributed by atoms with E-state index in [-0.39, 0.29) is 6.01 Å². The molecule has 0 saturated heterocycles. The van der Waals surface area contributed by atoms with Crippen molar-refractivity contribution in [3.8, 4) is 6.01 Å². The van der Waals surface area contributed by atoms with E-state index in [1.54, 1.807) is 11.3 Å². The molecule has 0 bridgehead atoms. The Bertz CT molecular complexity index is 740. The first-order chi connectivity index (χ1) is 10.2. The highest BCUT2D eigenvalue weighted by molar-refractivity contribution is 7.18. The average molecular weight is 299 g/mol. The summed E-state index contributed by atoms with van der Waals surface area (Å²) in [4.78, 5) is 10.1. The molecule has 3 rings (SSSR count). The van der Waals surface area contributed by atoms with E-state index in [9.17, 15) is 5.11 Å².